The highest BCUT2D eigenvalue weighted by Crippen LogP contribution is 2.23. The van der Waals surface area contributed by atoms with Gasteiger partial charge in [0.05, 0.1) is 6.10 Å². The smallest absolute Gasteiger partial charge is 0.129 e. The van der Waals surface area contributed by atoms with Crippen LogP contribution in [-0.4, -0.2) is 11.7 Å². The Balaban J connectivity index is 3.00. The Kier molecular flexibility index (Phi) is 3.98. The zero-order valence-corrected chi connectivity index (χ0v) is 7.71. The van der Waals surface area contributed by atoms with Crippen molar-refractivity contribution in [3.05, 3.63) is 35.1 Å². The molecule has 1 atom stereocenters. The van der Waals surface area contributed by atoms with Gasteiger partial charge in [-0.2, -0.15) is 0 Å². The Bertz CT molecular complexity index is 304. The summed E-state index contributed by atoms with van der Waals surface area (Å²) < 4.78 is 25.5. The molecule has 0 heterocycles. The lowest BCUT2D eigenvalue weighted by atomic mass is 10.0. The summed E-state index contributed by atoms with van der Waals surface area (Å²) in [6.45, 7) is -0.632. The number of aliphatic hydroxyl groups is 1. The van der Waals surface area contributed by atoms with E-state index in [4.69, 9.17) is 5.73 Å². The van der Waals surface area contributed by atoms with Crippen LogP contribution in [0.2, 0.25) is 0 Å². The van der Waals surface area contributed by atoms with Crippen LogP contribution in [0.1, 0.15) is 23.7 Å². The first-order valence-electron chi connectivity index (χ1n) is 4.42. The molecule has 4 heteroatoms. The van der Waals surface area contributed by atoms with Crippen LogP contribution in [0.15, 0.2) is 18.2 Å². The number of halogens is 2. The molecule has 0 spiro atoms. The molecule has 0 saturated carbocycles. The van der Waals surface area contributed by atoms with Crippen molar-refractivity contribution in [2.45, 2.75) is 19.2 Å². The van der Waals surface area contributed by atoms with Gasteiger partial charge in [0.25, 0.3) is 0 Å². The maximum Gasteiger partial charge on any atom is 0.129 e. The van der Waals surface area contributed by atoms with Gasteiger partial charge >= 0.3 is 0 Å². The van der Waals surface area contributed by atoms with Gasteiger partial charge in [0.15, 0.2) is 0 Å². The van der Waals surface area contributed by atoms with E-state index < -0.39 is 18.6 Å². The number of nitrogens with two attached hydrogens (primary N) is 1. The van der Waals surface area contributed by atoms with Crippen molar-refractivity contribution in [3.8, 4) is 0 Å². The zero-order valence-electron chi connectivity index (χ0n) is 7.71. The molecule has 1 rings (SSSR count). The van der Waals surface area contributed by atoms with Crippen LogP contribution >= 0.6 is 0 Å². The highest BCUT2D eigenvalue weighted by molar-refractivity contribution is 5.30. The van der Waals surface area contributed by atoms with Crippen LogP contribution in [0.5, 0.6) is 0 Å². The maximum atomic E-state index is 13.1. The van der Waals surface area contributed by atoms with Gasteiger partial charge in [0, 0.05) is 5.56 Å². The molecule has 1 aromatic rings. The predicted molar refractivity (Wildman–Crippen MR) is 49.8 cm³/mol. The van der Waals surface area contributed by atoms with Crippen molar-refractivity contribution in [2.75, 3.05) is 6.54 Å². The summed E-state index contributed by atoms with van der Waals surface area (Å²) in [6, 6.07) is 4.13. The second kappa shape index (κ2) is 5.02. The number of rotatable bonds is 4. The molecule has 3 N–H and O–H groups in total. The minimum atomic E-state index is -0.913. The van der Waals surface area contributed by atoms with Gasteiger partial charge in [0.1, 0.15) is 12.5 Å². The Hall–Kier alpha value is -1.00. The average Bonchev–Trinajstić information content (AvgIpc) is 2.17. The Labute approximate surface area is 81.4 Å². The van der Waals surface area contributed by atoms with E-state index in [2.05, 4.69) is 0 Å². The molecule has 78 valence electrons. The molecule has 0 fully saturated rings. The van der Waals surface area contributed by atoms with Crippen molar-refractivity contribution in [1.29, 1.82) is 0 Å². The van der Waals surface area contributed by atoms with Crippen LogP contribution < -0.4 is 5.73 Å². The zero-order chi connectivity index (χ0) is 10.6. The Morgan fingerprint density at radius 1 is 1.43 bits per heavy atom. The standard InChI is InChI=1S/C10H13F2NO/c11-6-8-7(10(14)4-5-13)2-1-3-9(8)12/h1-3,10,14H,4-6,13H2. The quantitative estimate of drug-likeness (QED) is 0.778. The second-order valence-electron chi connectivity index (χ2n) is 3.03. The third-order valence-electron chi connectivity index (χ3n) is 2.09. The first-order valence-corrected chi connectivity index (χ1v) is 4.42. The molecule has 0 aliphatic rings. The number of alkyl halides is 1. The van der Waals surface area contributed by atoms with E-state index in [9.17, 15) is 13.9 Å². The first kappa shape index (κ1) is 11.1. The summed E-state index contributed by atoms with van der Waals surface area (Å²) in [5.41, 5.74) is 5.46. The third-order valence-corrected chi connectivity index (χ3v) is 2.09. The molecule has 0 aliphatic carbocycles. The molecule has 2 nitrogen and oxygen atoms in total. The minimum Gasteiger partial charge on any atom is -0.388 e. The van der Waals surface area contributed by atoms with Crippen LogP contribution in [0, 0.1) is 5.82 Å². The molecule has 0 aromatic heterocycles. The predicted octanol–water partition coefficient (Wildman–Crippen LogP) is 1.68. The van der Waals surface area contributed by atoms with Crippen LogP contribution in [0.3, 0.4) is 0 Å². The van der Waals surface area contributed by atoms with E-state index in [-0.39, 0.29) is 17.7 Å². The van der Waals surface area contributed by atoms with Crippen molar-refractivity contribution in [2.24, 2.45) is 5.73 Å². The van der Waals surface area contributed by atoms with Crippen molar-refractivity contribution >= 4 is 0 Å². The van der Waals surface area contributed by atoms with Gasteiger partial charge in [-0.05, 0) is 24.6 Å². The van der Waals surface area contributed by atoms with E-state index in [0.717, 1.165) is 0 Å². The molecule has 1 aromatic carbocycles. The highest BCUT2D eigenvalue weighted by atomic mass is 19.1. The van der Waals surface area contributed by atoms with Gasteiger partial charge in [-0.25, -0.2) is 8.78 Å². The number of hydrogen-bond donors (Lipinski definition) is 2. The molecule has 1 unspecified atom stereocenters. The fraction of sp³-hybridized carbons (Fsp3) is 0.400. The van der Waals surface area contributed by atoms with E-state index in [1.807, 2.05) is 0 Å². The van der Waals surface area contributed by atoms with E-state index in [1.54, 1.807) is 0 Å². The fourth-order valence-corrected chi connectivity index (χ4v) is 1.34. The second-order valence-corrected chi connectivity index (χ2v) is 3.03. The molecule has 0 radical (unpaired) electrons. The fourth-order valence-electron chi connectivity index (χ4n) is 1.34. The number of benzene rings is 1. The summed E-state index contributed by atoms with van der Waals surface area (Å²) in [4.78, 5) is 0. The van der Waals surface area contributed by atoms with Gasteiger partial charge in [-0.1, -0.05) is 12.1 Å². The lowest BCUT2D eigenvalue weighted by Crippen LogP contribution is -2.09. The number of aliphatic hydroxyl groups excluding tert-OH is 1. The first-order chi connectivity index (χ1) is 6.70. The minimum absolute atomic E-state index is 0.0755. The number of hydrogen-bond acceptors (Lipinski definition) is 2. The Morgan fingerprint density at radius 2 is 2.14 bits per heavy atom. The lowest BCUT2D eigenvalue weighted by Gasteiger charge is -2.13. The molecule has 0 bridgehead atoms. The van der Waals surface area contributed by atoms with Gasteiger partial charge in [0.2, 0.25) is 0 Å². The van der Waals surface area contributed by atoms with Crippen LogP contribution in [0.25, 0.3) is 0 Å². The van der Waals surface area contributed by atoms with Crippen molar-refractivity contribution in [3.63, 3.8) is 0 Å². The summed E-state index contributed by atoms with van der Waals surface area (Å²) in [5.74, 6) is -0.624. The van der Waals surface area contributed by atoms with E-state index >= 15 is 0 Å². The highest BCUT2D eigenvalue weighted by Gasteiger charge is 2.14. The molecular weight excluding hydrogens is 188 g/mol. The molecule has 14 heavy (non-hydrogen) atoms. The molecule has 0 aliphatic heterocycles. The molecule has 0 saturated heterocycles. The Morgan fingerprint density at radius 3 is 2.71 bits per heavy atom. The van der Waals surface area contributed by atoms with Crippen molar-refractivity contribution < 1.29 is 13.9 Å². The lowest BCUT2D eigenvalue weighted by molar-refractivity contribution is 0.167. The average molecular weight is 201 g/mol. The van der Waals surface area contributed by atoms with Crippen LogP contribution in [-0.2, 0) is 6.67 Å². The topological polar surface area (TPSA) is 46.2 Å². The molecule has 0 amide bonds. The monoisotopic (exact) mass is 201 g/mol. The SMILES string of the molecule is NCCC(O)c1cccc(F)c1CF. The summed E-state index contributed by atoms with van der Waals surface area (Å²) in [5, 5.41) is 9.54. The summed E-state index contributed by atoms with van der Waals surface area (Å²) in [7, 11) is 0. The molecular formula is C10H13F2NO. The summed E-state index contributed by atoms with van der Waals surface area (Å²) in [6.07, 6.45) is -0.586. The maximum absolute atomic E-state index is 13.1. The van der Waals surface area contributed by atoms with Gasteiger partial charge < -0.3 is 10.8 Å². The largest absolute Gasteiger partial charge is 0.388 e. The van der Waals surface area contributed by atoms with Crippen LogP contribution in [0.4, 0.5) is 8.78 Å². The van der Waals surface area contributed by atoms with Gasteiger partial charge in [-0.15, -0.1) is 0 Å². The van der Waals surface area contributed by atoms with E-state index in [0.29, 0.717) is 6.42 Å². The van der Waals surface area contributed by atoms with Gasteiger partial charge in [-0.3, -0.25) is 0 Å². The normalized spacial score (nSPS) is 12.9. The third kappa shape index (κ3) is 2.27. The van der Waals surface area contributed by atoms with Crippen molar-refractivity contribution in [1.82, 2.24) is 0 Å². The summed E-state index contributed by atoms with van der Waals surface area (Å²) >= 11 is 0. The van der Waals surface area contributed by atoms with E-state index in [1.165, 1.54) is 18.2 Å².